The van der Waals surface area contributed by atoms with Gasteiger partial charge >= 0.3 is 6.09 Å². The Morgan fingerprint density at radius 1 is 1.20 bits per heavy atom. The van der Waals surface area contributed by atoms with E-state index in [4.69, 9.17) is 16.3 Å². The maximum Gasteiger partial charge on any atom is 0.415 e. The number of allylic oxidation sites excluding steroid dienone is 1. The summed E-state index contributed by atoms with van der Waals surface area (Å²) in [5.74, 6) is -0.0314. The summed E-state index contributed by atoms with van der Waals surface area (Å²) in [4.78, 5) is 22.5. The highest BCUT2D eigenvalue weighted by atomic mass is 35.5. The van der Waals surface area contributed by atoms with Crippen molar-refractivity contribution in [2.75, 3.05) is 11.4 Å². The minimum absolute atomic E-state index is 0.190. The third-order valence-electron chi connectivity index (χ3n) is 6.76. The van der Waals surface area contributed by atoms with Gasteiger partial charge in [-0.1, -0.05) is 17.7 Å². The molecular weight excluding hydrogens is 469 g/mol. The number of nitrogens with zero attached hydrogens (tertiary/aromatic N) is 4. The predicted molar refractivity (Wildman–Crippen MR) is 133 cm³/mol. The molecule has 1 N–H and O–H groups in total. The molecule has 0 bridgehead atoms. The Kier molecular flexibility index (Phi) is 6.25. The van der Waals surface area contributed by atoms with E-state index < -0.39 is 17.6 Å². The van der Waals surface area contributed by atoms with Gasteiger partial charge in [0.15, 0.2) is 0 Å². The number of nitrogens with one attached hydrogen (secondary N) is 1. The van der Waals surface area contributed by atoms with Crippen molar-refractivity contribution in [2.24, 2.45) is 16.1 Å². The van der Waals surface area contributed by atoms with Gasteiger partial charge in [0.05, 0.1) is 29.1 Å². The first-order valence-electron chi connectivity index (χ1n) is 12.0. The number of carbonyl (C=O) groups is 1. The second-order valence-electron chi connectivity index (χ2n) is 10.3. The number of pyridine rings is 1. The van der Waals surface area contributed by atoms with E-state index in [1.807, 2.05) is 32.9 Å². The number of rotatable bonds is 2. The molecule has 0 radical (unpaired) electrons. The Morgan fingerprint density at radius 2 is 1.94 bits per heavy atom. The molecule has 7 nitrogen and oxygen atoms in total. The van der Waals surface area contributed by atoms with Gasteiger partial charge in [-0.3, -0.25) is 4.90 Å². The SMILES string of the molecule is CC(C)(C)OC(=O)N1CC=C(Cl)C([C@H]2CC[C@H](c3cccc(F)n3)CC2)=c2[nH]c3c(c21)CN=NC=3. The number of carbonyl (C=O) groups excluding carboxylic acids is 1. The molecule has 3 aliphatic rings. The van der Waals surface area contributed by atoms with Crippen LogP contribution in [-0.4, -0.2) is 28.2 Å². The lowest BCUT2D eigenvalue weighted by molar-refractivity contribution is 0.0584. The first kappa shape index (κ1) is 23.7. The summed E-state index contributed by atoms with van der Waals surface area (Å²) in [6, 6.07) is 5.00. The fraction of sp³-hybridized carbons (Fsp3) is 0.462. The number of anilines is 1. The molecule has 4 heterocycles. The molecular formula is C26H29ClFN5O2. The lowest BCUT2D eigenvalue weighted by Gasteiger charge is -2.29. The van der Waals surface area contributed by atoms with E-state index in [1.165, 1.54) is 6.07 Å². The molecule has 2 aliphatic heterocycles. The summed E-state index contributed by atoms with van der Waals surface area (Å²) in [7, 11) is 0. The van der Waals surface area contributed by atoms with Crippen LogP contribution in [0.4, 0.5) is 14.9 Å². The standard InChI is InChI=1S/C26H29ClFN5O2/c1-26(2,3)35-25(34)33-12-11-18(27)22(23-24(33)17-13-29-30-14-20(17)32-23)16-9-7-15(8-10-16)19-5-4-6-21(28)31-19/h4-6,11,14-16,32H,7-10,12-13H2,1-3H3/t15-,16-. The summed E-state index contributed by atoms with van der Waals surface area (Å²) < 4.78 is 19.4. The molecule has 184 valence electrons. The zero-order valence-corrected chi connectivity index (χ0v) is 20.9. The average Bonchev–Trinajstić information content (AvgIpc) is 3.10. The van der Waals surface area contributed by atoms with Crippen LogP contribution in [0, 0.1) is 11.9 Å². The Labute approximate surface area is 208 Å². The third kappa shape index (κ3) is 4.76. The highest BCUT2D eigenvalue weighted by Gasteiger charge is 2.34. The van der Waals surface area contributed by atoms with Crippen LogP contribution >= 0.6 is 11.6 Å². The first-order chi connectivity index (χ1) is 16.7. The van der Waals surface area contributed by atoms with E-state index in [-0.39, 0.29) is 11.8 Å². The molecule has 35 heavy (non-hydrogen) atoms. The lowest BCUT2D eigenvalue weighted by Crippen LogP contribution is -2.39. The quantitative estimate of drug-likeness (QED) is 0.575. The smallest absolute Gasteiger partial charge is 0.415 e. The number of aromatic nitrogens is 2. The summed E-state index contributed by atoms with van der Waals surface area (Å²) in [5, 5.41) is 10.5. The van der Waals surface area contributed by atoms with Crippen molar-refractivity contribution in [1.29, 1.82) is 0 Å². The summed E-state index contributed by atoms with van der Waals surface area (Å²) in [6.07, 6.45) is 6.68. The maximum atomic E-state index is 13.7. The molecule has 0 saturated heterocycles. The number of H-pyrrole nitrogens is 1. The zero-order valence-electron chi connectivity index (χ0n) is 20.1. The molecule has 1 amide bonds. The number of hydrogen-bond acceptors (Lipinski definition) is 5. The second kappa shape index (κ2) is 9.22. The van der Waals surface area contributed by atoms with Crippen molar-refractivity contribution in [3.8, 4) is 0 Å². The third-order valence-corrected chi connectivity index (χ3v) is 7.12. The van der Waals surface area contributed by atoms with Crippen molar-refractivity contribution in [1.82, 2.24) is 9.97 Å². The predicted octanol–water partition coefficient (Wildman–Crippen LogP) is 5.26. The van der Waals surface area contributed by atoms with Gasteiger partial charge in [0.25, 0.3) is 0 Å². The normalized spacial score (nSPS) is 22.0. The molecule has 0 spiro atoms. The fourth-order valence-electron chi connectivity index (χ4n) is 5.22. The maximum absolute atomic E-state index is 13.7. The number of halogens is 2. The highest BCUT2D eigenvalue weighted by Crippen LogP contribution is 2.42. The average molecular weight is 498 g/mol. The molecule has 0 atom stereocenters. The molecule has 1 saturated carbocycles. The summed E-state index contributed by atoms with van der Waals surface area (Å²) in [6.45, 7) is 6.23. The Hall–Kier alpha value is -3.00. The number of amides is 1. The van der Waals surface area contributed by atoms with Crippen LogP contribution < -0.4 is 15.6 Å². The largest absolute Gasteiger partial charge is 0.443 e. The minimum atomic E-state index is -0.630. The van der Waals surface area contributed by atoms with Gasteiger partial charge in [-0.25, -0.2) is 9.78 Å². The van der Waals surface area contributed by atoms with Crippen molar-refractivity contribution in [2.45, 2.75) is 64.5 Å². The van der Waals surface area contributed by atoms with Gasteiger partial charge in [0, 0.05) is 28.8 Å². The molecule has 0 aromatic carbocycles. The molecule has 1 aliphatic carbocycles. The molecule has 2 aromatic rings. The molecule has 9 heteroatoms. The first-order valence-corrected chi connectivity index (χ1v) is 12.4. The second-order valence-corrected chi connectivity index (χ2v) is 10.7. The molecule has 5 rings (SSSR count). The summed E-state index contributed by atoms with van der Waals surface area (Å²) >= 11 is 6.90. The van der Waals surface area contributed by atoms with Crippen molar-refractivity contribution >= 4 is 35.2 Å². The number of fused-ring (bicyclic) bond motifs is 3. The van der Waals surface area contributed by atoms with Gasteiger partial charge in [0.2, 0.25) is 5.95 Å². The van der Waals surface area contributed by atoms with E-state index in [1.54, 1.807) is 17.2 Å². The Morgan fingerprint density at radius 3 is 2.66 bits per heavy atom. The van der Waals surface area contributed by atoms with Crippen LogP contribution in [0.5, 0.6) is 0 Å². The van der Waals surface area contributed by atoms with Gasteiger partial charge < -0.3 is 9.72 Å². The van der Waals surface area contributed by atoms with Gasteiger partial charge in [-0.2, -0.15) is 14.6 Å². The van der Waals surface area contributed by atoms with Crippen LogP contribution in [-0.2, 0) is 11.3 Å². The fourth-order valence-corrected chi connectivity index (χ4v) is 5.54. The van der Waals surface area contributed by atoms with Gasteiger partial charge in [-0.15, -0.1) is 0 Å². The van der Waals surface area contributed by atoms with Crippen molar-refractivity contribution < 1.29 is 13.9 Å². The van der Waals surface area contributed by atoms with E-state index in [0.717, 1.165) is 58.9 Å². The highest BCUT2D eigenvalue weighted by molar-refractivity contribution is 6.36. The van der Waals surface area contributed by atoms with Crippen LogP contribution in [0.15, 0.2) is 39.5 Å². The van der Waals surface area contributed by atoms with Crippen LogP contribution in [0.1, 0.15) is 63.6 Å². The monoisotopic (exact) mass is 497 g/mol. The molecule has 0 unspecified atom stereocenters. The van der Waals surface area contributed by atoms with E-state index >= 15 is 0 Å². The number of ether oxygens (including phenoxy) is 1. The van der Waals surface area contributed by atoms with Gasteiger partial charge in [0.1, 0.15) is 5.60 Å². The van der Waals surface area contributed by atoms with E-state index in [9.17, 15) is 9.18 Å². The zero-order chi connectivity index (χ0) is 24.7. The van der Waals surface area contributed by atoms with E-state index in [2.05, 4.69) is 20.2 Å². The Bertz CT molecular complexity index is 1330. The summed E-state index contributed by atoms with van der Waals surface area (Å²) in [5.41, 5.74) is 2.85. The molecule has 2 aromatic heterocycles. The van der Waals surface area contributed by atoms with Crippen molar-refractivity contribution in [3.05, 3.63) is 57.2 Å². The van der Waals surface area contributed by atoms with Crippen LogP contribution in [0.3, 0.4) is 0 Å². The van der Waals surface area contributed by atoms with Crippen molar-refractivity contribution in [3.63, 3.8) is 0 Å². The van der Waals surface area contributed by atoms with Crippen LogP contribution in [0.25, 0.3) is 11.8 Å². The number of hydrogen-bond donors (Lipinski definition) is 1. The van der Waals surface area contributed by atoms with Gasteiger partial charge in [-0.05, 0) is 76.2 Å². The Balaban J connectivity index is 1.54. The van der Waals surface area contributed by atoms with Crippen LogP contribution in [0.2, 0.25) is 0 Å². The van der Waals surface area contributed by atoms with E-state index in [0.29, 0.717) is 18.1 Å². The topological polar surface area (TPSA) is 82.9 Å². The minimum Gasteiger partial charge on any atom is -0.443 e. The molecule has 1 fully saturated rings. The number of azo groups is 1. The number of aromatic amines is 1. The lowest BCUT2D eigenvalue weighted by atomic mass is 9.77.